The summed E-state index contributed by atoms with van der Waals surface area (Å²) in [5.74, 6) is -2.17. The van der Waals surface area contributed by atoms with Crippen LogP contribution in [0.1, 0.15) is 657 Å². The number of aliphatic hydroxyl groups excluding tert-OH is 3. The van der Waals surface area contributed by atoms with Crippen molar-refractivity contribution in [1.82, 2.24) is 0 Å². The van der Waals surface area contributed by atoms with Crippen LogP contribution >= 0.6 is 0 Å². The Bertz CT molecular complexity index is 3270. The molecule has 4 unspecified atom stereocenters. The van der Waals surface area contributed by atoms with E-state index in [1.54, 1.807) is 27.7 Å². The molecule has 0 spiro atoms. The van der Waals surface area contributed by atoms with Crippen LogP contribution in [0, 0.1) is 47.3 Å². The lowest BCUT2D eigenvalue weighted by atomic mass is 9.91. The van der Waals surface area contributed by atoms with Crippen molar-refractivity contribution in [2.45, 2.75) is 718 Å². The summed E-state index contributed by atoms with van der Waals surface area (Å²) in [5, 5.41) is 37.6. The molecule has 3 N–H and O–H groups in total. The standard InChI is InChI=1S/C134H248O16/c1-18-23-28-33-38-43-48-53-57-59-60-62-67-71-76-81-85-90-95-110(8)100-114(12)104-118(16)131(141)148-126-123(137)121(107-143-129(139)116(14)102-112(10)98-108(6)93-88-83-78-75-70-66-61-58-54-49-44-39-34-29-24-19-2)145-134(128(126)146-122(136)97-92-87-82-77-72-63-52-47-42-37-32-27-22-5)150-133-127(149-132(142)119(17)105-115(13)101-111(9)96-91-86-80-74-69-65-56-51-46-41-36-31-26-21-4)124(138)125(120(106-135)144-133)147-130(140)117(15)103-113(11)99-109(7)94-89-84-79-73-68-64-55-50-45-40-35-30-25-20-3/h102-105,108-115,120-121,123-128,133-135,137-138H,18-101,106-107H2,1-17H3/b116-102+,117-103+,118-104+,119-105+/t108-,109-,110-,111-,112-,113-,114-,115-,120?,121?,123+,124?,125+,126?,127-,128+,133+,134+/m0/s1. The predicted octanol–water partition coefficient (Wildman–Crippen LogP) is 39.1. The molecule has 2 fully saturated rings. The Kier molecular flexibility index (Phi) is 93.1. The molecule has 880 valence electrons. The van der Waals surface area contributed by atoms with Crippen LogP contribution in [-0.2, 0) is 61.9 Å². The first-order valence-corrected chi connectivity index (χ1v) is 65.4. The number of hydrogen-bond donors (Lipinski definition) is 3. The van der Waals surface area contributed by atoms with E-state index in [0.717, 1.165) is 103 Å². The molecule has 0 aliphatic carbocycles. The van der Waals surface area contributed by atoms with E-state index < -0.39 is 104 Å². The summed E-state index contributed by atoms with van der Waals surface area (Å²) in [6.07, 6.45) is 93.8. The van der Waals surface area contributed by atoms with Crippen LogP contribution in [0.4, 0.5) is 0 Å². The first-order chi connectivity index (χ1) is 72.7. The van der Waals surface area contributed by atoms with Crippen molar-refractivity contribution < 1.29 is 77.2 Å². The molecule has 2 rings (SSSR count). The van der Waals surface area contributed by atoms with E-state index in [0.29, 0.717) is 41.2 Å². The second kappa shape index (κ2) is 98.2. The highest BCUT2D eigenvalue weighted by Gasteiger charge is 2.56. The minimum Gasteiger partial charge on any atom is -0.459 e. The van der Waals surface area contributed by atoms with E-state index in [1.165, 1.54) is 424 Å². The van der Waals surface area contributed by atoms with E-state index >= 15 is 9.59 Å². The van der Waals surface area contributed by atoms with Gasteiger partial charge in [-0.2, -0.15) is 0 Å². The second-order valence-corrected chi connectivity index (χ2v) is 48.9. The van der Waals surface area contributed by atoms with Crippen molar-refractivity contribution >= 4 is 29.8 Å². The van der Waals surface area contributed by atoms with Gasteiger partial charge in [0.25, 0.3) is 0 Å². The topological polar surface area (TPSA) is 220 Å². The molecule has 2 saturated heterocycles. The van der Waals surface area contributed by atoms with E-state index in [2.05, 4.69) is 90.0 Å². The molecule has 0 radical (unpaired) electrons. The van der Waals surface area contributed by atoms with E-state index in [9.17, 15) is 29.7 Å². The molecule has 0 aromatic rings. The van der Waals surface area contributed by atoms with Gasteiger partial charge in [0, 0.05) is 28.7 Å². The van der Waals surface area contributed by atoms with E-state index in [-0.39, 0.29) is 41.2 Å². The molecule has 2 aliphatic heterocycles. The van der Waals surface area contributed by atoms with Crippen molar-refractivity contribution in [1.29, 1.82) is 0 Å². The summed E-state index contributed by atoms with van der Waals surface area (Å²) in [5.41, 5.74) is 1.18. The highest BCUT2D eigenvalue weighted by atomic mass is 16.8. The number of carbonyl (C=O) groups excluding carboxylic acids is 5. The van der Waals surface area contributed by atoms with Crippen LogP contribution in [-0.4, -0.2) is 120 Å². The summed E-state index contributed by atoms with van der Waals surface area (Å²) in [6, 6.07) is 0. The molecule has 2 aliphatic rings. The molecule has 2 heterocycles. The summed E-state index contributed by atoms with van der Waals surface area (Å²) in [6.45, 7) is 34.2. The molecule has 16 nitrogen and oxygen atoms in total. The highest BCUT2D eigenvalue weighted by Crippen LogP contribution is 2.38. The average molecular weight is 2120 g/mol. The molecular weight excluding hydrogens is 1870 g/mol. The zero-order chi connectivity index (χ0) is 110. The summed E-state index contributed by atoms with van der Waals surface area (Å²) >= 11 is 0. The first-order valence-electron chi connectivity index (χ1n) is 65.4. The lowest BCUT2D eigenvalue weighted by Gasteiger charge is -2.47. The molecule has 18 atom stereocenters. The number of rotatable bonds is 105. The fraction of sp³-hybridized carbons (Fsp3) is 0.903. The Morgan fingerprint density at radius 3 is 0.700 bits per heavy atom. The smallest absolute Gasteiger partial charge is 0.333 e. The molecule has 0 aromatic carbocycles. The SMILES string of the molecule is CCCCCCCCCCCCCCCCCCCC[C@H](C)C[C@H](C)/C=C(\C)C(=O)OC1[C@H](O)C(COC(=O)/C(C)=C/[C@@H](C)C[C@@H](C)CCCCCCCCCCCCCCCCCC)O[C@H](O[C@H]2OC(CO)[C@@H](OC(=O)/C(C)=C/[C@@H](C)C[C@@H](C)CCCCCCCCCCCCCCCC)C(O)[C@@H]2OC(=O)/C(C)=C/[C@@H](C)C[C@@H](C)CCCCCCCCCCCCCCCC)[C@@H]1OC(=O)CCCCCCCCCCCCCCC. The third kappa shape index (κ3) is 76.7. The predicted molar refractivity (Wildman–Crippen MR) is 633 cm³/mol. The molecule has 150 heavy (non-hydrogen) atoms. The third-order valence-corrected chi connectivity index (χ3v) is 32.8. The van der Waals surface area contributed by atoms with Gasteiger partial charge in [0.2, 0.25) is 12.6 Å². The first kappa shape index (κ1) is 142. The van der Waals surface area contributed by atoms with Gasteiger partial charge in [0.15, 0.2) is 24.4 Å². The Morgan fingerprint density at radius 2 is 0.453 bits per heavy atom. The van der Waals surface area contributed by atoms with Gasteiger partial charge in [-0.25, -0.2) is 19.2 Å². The minimum atomic E-state index is -1.92. The molecule has 0 amide bonds. The Balaban J connectivity index is 2.69. The van der Waals surface area contributed by atoms with Crippen molar-refractivity contribution in [2.24, 2.45) is 47.3 Å². The second-order valence-electron chi connectivity index (χ2n) is 48.9. The van der Waals surface area contributed by atoms with Crippen LogP contribution in [0.2, 0.25) is 0 Å². The fourth-order valence-electron chi connectivity index (χ4n) is 23.4. The molecule has 0 aromatic heterocycles. The zero-order valence-electron chi connectivity index (χ0n) is 102. The largest absolute Gasteiger partial charge is 0.459 e. The van der Waals surface area contributed by atoms with Gasteiger partial charge < -0.3 is 53.2 Å². The normalized spacial score (nSPS) is 20.1. The highest BCUT2D eigenvalue weighted by molar-refractivity contribution is 5.89. The van der Waals surface area contributed by atoms with Crippen LogP contribution in [0.25, 0.3) is 0 Å². The maximum absolute atomic E-state index is 15.1. The number of ether oxygens (including phenoxy) is 8. The fourth-order valence-corrected chi connectivity index (χ4v) is 23.4. The number of carbonyl (C=O) groups is 5. The van der Waals surface area contributed by atoms with E-state index in [1.807, 2.05) is 24.3 Å². The Morgan fingerprint density at radius 1 is 0.247 bits per heavy atom. The molecular formula is C134H248O16. The van der Waals surface area contributed by atoms with Crippen LogP contribution in [0.5, 0.6) is 0 Å². The van der Waals surface area contributed by atoms with Gasteiger partial charge in [-0.05, 0) is 107 Å². The van der Waals surface area contributed by atoms with Gasteiger partial charge in [-0.3, -0.25) is 4.79 Å². The van der Waals surface area contributed by atoms with Gasteiger partial charge in [0.05, 0.1) is 6.61 Å². The average Bonchev–Trinajstić information content (AvgIpc) is 0.768. The van der Waals surface area contributed by atoms with Crippen molar-refractivity contribution in [3.05, 3.63) is 46.6 Å². The summed E-state index contributed by atoms with van der Waals surface area (Å²) < 4.78 is 52.3. The number of hydrogen-bond acceptors (Lipinski definition) is 16. The number of aliphatic hydroxyl groups is 3. The van der Waals surface area contributed by atoms with Crippen molar-refractivity contribution in [2.75, 3.05) is 13.2 Å². The van der Waals surface area contributed by atoms with Gasteiger partial charge in [-0.1, -0.05) is 615 Å². The maximum atomic E-state index is 15.1. The van der Waals surface area contributed by atoms with E-state index in [4.69, 9.17) is 37.9 Å². The number of esters is 5. The van der Waals surface area contributed by atoms with Gasteiger partial charge >= 0.3 is 29.8 Å². The minimum absolute atomic E-state index is 0.00141. The number of unbranched alkanes of at least 4 members (excludes halogenated alkanes) is 70. The van der Waals surface area contributed by atoms with Crippen molar-refractivity contribution in [3.63, 3.8) is 0 Å². The molecule has 0 saturated carbocycles. The lowest BCUT2D eigenvalue weighted by Crippen LogP contribution is -2.66. The molecule has 16 heteroatoms. The number of allylic oxidation sites excluding steroid dienone is 4. The third-order valence-electron chi connectivity index (χ3n) is 32.8. The monoisotopic (exact) mass is 2110 g/mol. The lowest BCUT2D eigenvalue weighted by molar-refractivity contribution is -0.377. The van der Waals surface area contributed by atoms with Crippen LogP contribution in [0.3, 0.4) is 0 Å². The quantitative estimate of drug-likeness (QED) is 0.0223. The van der Waals surface area contributed by atoms with Crippen LogP contribution in [0.15, 0.2) is 46.6 Å². The molecule has 0 bridgehead atoms. The zero-order valence-corrected chi connectivity index (χ0v) is 102. The van der Waals surface area contributed by atoms with Gasteiger partial charge in [-0.15, -0.1) is 0 Å². The Hall–Kier alpha value is -3.93. The van der Waals surface area contributed by atoms with Gasteiger partial charge in [0.1, 0.15) is 31.0 Å². The van der Waals surface area contributed by atoms with Crippen LogP contribution < -0.4 is 0 Å². The maximum Gasteiger partial charge on any atom is 0.333 e. The van der Waals surface area contributed by atoms with Crippen molar-refractivity contribution in [3.8, 4) is 0 Å². The summed E-state index contributed by atoms with van der Waals surface area (Å²) in [7, 11) is 0. The summed E-state index contributed by atoms with van der Waals surface area (Å²) in [4.78, 5) is 74.2. The Labute approximate surface area is 927 Å².